The van der Waals surface area contributed by atoms with Gasteiger partial charge in [0.25, 0.3) is 0 Å². The van der Waals surface area contributed by atoms with E-state index >= 15 is 0 Å². The number of halogens is 1. The predicted octanol–water partition coefficient (Wildman–Crippen LogP) is 1.20. The van der Waals surface area contributed by atoms with Crippen LogP contribution in [0.1, 0.15) is 29.4 Å². The van der Waals surface area contributed by atoms with Crippen LogP contribution in [0.4, 0.5) is 10.1 Å². The zero-order valence-corrected chi connectivity index (χ0v) is 13.5. The zero-order chi connectivity index (χ0) is 17.8. The molecular weight excluding hydrogens is 329 g/mol. The average molecular weight is 347 g/mol. The second-order valence-corrected chi connectivity index (χ2v) is 5.62. The summed E-state index contributed by atoms with van der Waals surface area (Å²) in [4.78, 5) is 28.2. The first kappa shape index (κ1) is 17.1. The number of methoxy groups -OCH3 is 1. The van der Waals surface area contributed by atoms with Crippen LogP contribution in [0.15, 0.2) is 36.9 Å². The van der Waals surface area contributed by atoms with Gasteiger partial charge in [0.05, 0.1) is 30.9 Å². The predicted molar refractivity (Wildman–Crippen MR) is 86.9 cm³/mol. The third-order valence-corrected chi connectivity index (χ3v) is 4.00. The summed E-state index contributed by atoms with van der Waals surface area (Å²) in [5.74, 6) is -1.63. The molecule has 0 saturated carbocycles. The van der Waals surface area contributed by atoms with Crippen LogP contribution >= 0.6 is 0 Å². The van der Waals surface area contributed by atoms with E-state index in [9.17, 15) is 14.0 Å². The number of anilines is 1. The number of esters is 1. The molecule has 2 unspecified atom stereocenters. The molecule has 0 aliphatic carbocycles. The Kier molecular flexibility index (Phi) is 5.05. The fourth-order valence-corrected chi connectivity index (χ4v) is 2.66. The molecule has 1 aromatic carbocycles. The summed E-state index contributed by atoms with van der Waals surface area (Å²) in [6.07, 6.45) is 6.51. The number of nitrogens with zero attached hydrogens (tertiary/aromatic N) is 2. The minimum absolute atomic E-state index is 0.00278. The Balaban J connectivity index is 1.64. The van der Waals surface area contributed by atoms with Gasteiger partial charge >= 0.3 is 5.97 Å². The van der Waals surface area contributed by atoms with E-state index in [-0.39, 0.29) is 23.3 Å². The lowest BCUT2D eigenvalue weighted by atomic mass is 10.1. The number of hydrogen-bond acceptors (Lipinski definition) is 6. The maximum Gasteiger partial charge on any atom is 0.340 e. The molecule has 8 nitrogen and oxygen atoms in total. The molecule has 9 heteroatoms. The Morgan fingerprint density at radius 1 is 1.36 bits per heavy atom. The van der Waals surface area contributed by atoms with Crippen LogP contribution < -0.4 is 16.2 Å². The van der Waals surface area contributed by atoms with E-state index in [4.69, 9.17) is 0 Å². The summed E-state index contributed by atoms with van der Waals surface area (Å²) >= 11 is 0. The number of carbonyl (C=O) groups excluding carboxylic acids is 2. The number of carbonyl (C=O) groups is 2. The van der Waals surface area contributed by atoms with E-state index in [1.807, 2.05) is 10.8 Å². The molecule has 1 amide bonds. The molecular formula is C16H18FN5O3. The summed E-state index contributed by atoms with van der Waals surface area (Å²) in [5, 5.41) is 2.64. The number of hydrogen-bond donors (Lipinski definition) is 3. The van der Waals surface area contributed by atoms with E-state index in [0.29, 0.717) is 12.8 Å². The van der Waals surface area contributed by atoms with Crippen LogP contribution in [0.5, 0.6) is 0 Å². The molecule has 0 bridgehead atoms. The zero-order valence-electron chi connectivity index (χ0n) is 13.5. The second kappa shape index (κ2) is 7.41. The summed E-state index contributed by atoms with van der Waals surface area (Å²) in [7, 11) is 1.20. The standard InChI is InChI=1S/C16H18FN5O3/c1-25-16(24)11-8-10(17)2-3-12(11)19-15(23)13-4-5-14(21-20-13)22-7-6-18-9-22/h2-3,6-9,13-14,20-21H,4-5H2,1H3,(H,19,23). The molecule has 3 N–H and O–H groups in total. The molecule has 1 saturated heterocycles. The molecule has 132 valence electrons. The van der Waals surface area contributed by atoms with E-state index in [0.717, 1.165) is 6.07 Å². The lowest BCUT2D eigenvalue weighted by Gasteiger charge is -2.30. The molecule has 1 aliphatic rings. The van der Waals surface area contributed by atoms with Crippen molar-refractivity contribution in [1.82, 2.24) is 20.4 Å². The van der Waals surface area contributed by atoms with Crippen LogP contribution in [0.3, 0.4) is 0 Å². The van der Waals surface area contributed by atoms with Crippen molar-refractivity contribution in [1.29, 1.82) is 0 Å². The molecule has 1 fully saturated rings. The van der Waals surface area contributed by atoms with Gasteiger partial charge in [-0.15, -0.1) is 0 Å². The van der Waals surface area contributed by atoms with Crippen LogP contribution in [-0.4, -0.2) is 34.6 Å². The van der Waals surface area contributed by atoms with Gasteiger partial charge in [-0.05, 0) is 31.0 Å². The molecule has 2 atom stereocenters. The number of imidazole rings is 1. The Morgan fingerprint density at radius 2 is 2.20 bits per heavy atom. The number of hydrazine groups is 1. The SMILES string of the molecule is COC(=O)c1cc(F)ccc1NC(=O)C1CCC(n2ccnc2)NN1. The Hall–Kier alpha value is -2.78. The van der Waals surface area contributed by atoms with Gasteiger partial charge in [0.1, 0.15) is 11.9 Å². The third-order valence-electron chi connectivity index (χ3n) is 4.00. The van der Waals surface area contributed by atoms with Crippen molar-refractivity contribution in [2.24, 2.45) is 0 Å². The van der Waals surface area contributed by atoms with Crippen molar-refractivity contribution in [3.63, 3.8) is 0 Å². The number of benzene rings is 1. The monoisotopic (exact) mass is 347 g/mol. The normalized spacial score (nSPS) is 20.1. The van der Waals surface area contributed by atoms with Crippen LogP contribution in [-0.2, 0) is 9.53 Å². The van der Waals surface area contributed by atoms with Crippen molar-refractivity contribution < 1.29 is 18.7 Å². The minimum atomic E-state index is -0.718. The van der Waals surface area contributed by atoms with Crippen molar-refractivity contribution >= 4 is 17.6 Å². The maximum absolute atomic E-state index is 13.4. The second-order valence-electron chi connectivity index (χ2n) is 5.62. The summed E-state index contributed by atoms with van der Waals surface area (Å²) < 4.78 is 19.9. The van der Waals surface area contributed by atoms with Gasteiger partial charge < -0.3 is 14.6 Å². The largest absolute Gasteiger partial charge is 0.465 e. The topological polar surface area (TPSA) is 97.3 Å². The smallest absolute Gasteiger partial charge is 0.340 e. The highest BCUT2D eigenvalue weighted by molar-refractivity contribution is 6.02. The van der Waals surface area contributed by atoms with Gasteiger partial charge in [0, 0.05) is 12.4 Å². The first-order valence-electron chi connectivity index (χ1n) is 7.75. The van der Waals surface area contributed by atoms with E-state index in [1.165, 1.54) is 19.2 Å². The van der Waals surface area contributed by atoms with Crippen LogP contribution in [0, 0.1) is 5.82 Å². The van der Waals surface area contributed by atoms with Crippen molar-refractivity contribution in [3.8, 4) is 0 Å². The van der Waals surface area contributed by atoms with Crippen molar-refractivity contribution in [2.75, 3.05) is 12.4 Å². The number of nitrogens with one attached hydrogen (secondary N) is 3. The molecule has 2 aromatic rings. The number of rotatable bonds is 4. The summed E-state index contributed by atoms with van der Waals surface area (Å²) in [5.41, 5.74) is 6.18. The lowest BCUT2D eigenvalue weighted by molar-refractivity contribution is -0.119. The highest BCUT2D eigenvalue weighted by Crippen LogP contribution is 2.20. The summed E-state index contributed by atoms with van der Waals surface area (Å²) in [6, 6.07) is 3.05. The first-order chi connectivity index (χ1) is 12.1. The van der Waals surface area contributed by atoms with Gasteiger partial charge in [-0.1, -0.05) is 0 Å². The Labute approximate surface area is 143 Å². The minimum Gasteiger partial charge on any atom is -0.465 e. The molecule has 1 aromatic heterocycles. The van der Waals surface area contributed by atoms with Gasteiger partial charge in [0.2, 0.25) is 5.91 Å². The molecule has 2 heterocycles. The number of aromatic nitrogens is 2. The number of amides is 1. The maximum atomic E-state index is 13.4. The Morgan fingerprint density at radius 3 is 2.84 bits per heavy atom. The van der Waals surface area contributed by atoms with Crippen molar-refractivity contribution in [2.45, 2.75) is 25.0 Å². The Bertz CT molecular complexity index is 757. The van der Waals surface area contributed by atoms with Crippen molar-refractivity contribution in [3.05, 3.63) is 48.3 Å². The fraction of sp³-hybridized carbons (Fsp3) is 0.312. The molecule has 1 aliphatic heterocycles. The van der Waals surface area contributed by atoms with Gasteiger partial charge in [-0.3, -0.25) is 4.79 Å². The van der Waals surface area contributed by atoms with Gasteiger partial charge in [-0.25, -0.2) is 25.0 Å². The third kappa shape index (κ3) is 3.83. The molecule has 3 rings (SSSR count). The molecule has 0 radical (unpaired) electrons. The fourth-order valence-electron chi connectivity index (χ4n) is 2.66. The van der Waals surface area contributed by atoms with E-state index in [1.54, 1.807) is 12.5 Å². The molecule has 25 heavy (non-hydrogen) atoms. The van der Waals surface area contributed by atoms with Crippen LogP contribution in [0.25, 0.3) is 0 Å². The van der Waals surface area contributed by atoms with Gasteiger partial charge in [0.15, 0.2) is 0 Å². The van der Waals surface area contributed by atoms with E-state index < -0.39 is 17.8 Å². The van der Waals surface area contributed by atoms with Crippen LogP contribution in [0.2, 0.25) is 0 Å². The lowest BCUT2D eigenvalue weighted by Crippen LogP contribution is -2.54. The first-order valence-corrected chi connectivity index (χ1v) is 7.75. The quantitative estimate of drug-likeness (QED) is 0.719. The summed E-state index contributed by atoms with van der Waals surface area (Å²) in [6.45, 7) is 0. The van der Waals surface area contributed by atoms with E-state index in [2.05, 4.69) is 25.9 Å². The molecule has 0 spiro atoms. The van der Waals surface area contributed by atoms with Gasteiger partial charge in [-0.2, -0.15) is 0 Å². The highest BCUT2D eigenvalue weighted by atomic mass is 19.1. The highest BCUT2D eigenvalue weighted by Gasteiger charge is 2.27. The average Bonchev–Trinajstić information content (AvgIpc) is 3.17. The number of ether oxygens (including phenoxy) is 1.